The number of hydrogen-bond acceptors (Lipinski definition) is 5. The van der Waals surface area contributed by atoms with Crippen LogP contribution >= 0.6 is 0 Å². The summed E-state index contributed by atoms with van der Waals surface area (Å²) in [5, 5.41) is 0. The Kier molecular flexibility index (Phi) is 3.44. The predicted octanol–water partition coefficient (Wildman–Crippen LogP) is -0.120. The van der Waals surface area contributed by atoms with Gasteiger partial charge >= 0.3 is 0 Å². The smallest absolute Gasteiger partial charge is 0.151 e. The van der Waals surface area contributed by atoms with Gasteiger partial charge in [-0.1, -0.05) is 0 Å². The summed E-state index contributed by atoms with van der Waals surface area (Å²) in [6.07, 6.45) is 3.39. The van der Waals surface area contributed by atoms with Crippen molar-refractivity contribution in [3.8, 4) is 0 Å². The van der Waals surface area contributed by atoms with Crippen molar-refractivity contribution < 1.29 is 8.42 Å². The van der Waals surface area contributed by atoms with Gasteiger partial charge in [-0.3, -0.25) is 0 Å². The standard InChI is InChI=1S/C11H17N3O2S/c1-8(12)6-11-13-7-9-2-4-17(15,16)5-3-10(9)14-11/h7-8H,2-6,12H2,1H3. The second-order valence-electron chi connectivity index (χ2n) is 4.59. The molecule has 2 rings (SSSR count). The molecule has 1 aliphatic rings. The quantitative estimate of drug-likeness (QED) is 0.796. The Labute approximate surface area is 101 Å². The van der Waals surface area contributed by atoms with Crippen LogP contribution in [0.4, 0.5) is 0 Å². The first-order valence-electron chi connectivity index (χ1n) is 5.76. The molecular weight excluding hydrogens is 238 g/mol. The Morgan fingerprint density at radius 2 is 2.12 bits per heavy atom. The molecule has 0 amide bonds. The summed E-state index contributed by atoms with van der Waals surface area (Å²) in [5.41, 5.74) is 7.53. The Bertz CT molecular complexity index is 511. The fourth-order valence-electron chi connectivity index (χ4n) is 1.91. The van der Waals surface area contributed by atoms with E-state index in [4.69, 9.17) is 5.73 Å². The summed E-state index contributed by atoms with van der Waals surface area (Å²) >= 11 is 0. The van der Waals surface area contributed by atoms with Crippen LogP contribution in [0.3, 0.4) is 0 Å². The van der Waals surface area contributed by atoms with E-state index in [9.17, 15) is 8.42 Å². The summed E-state index contributed by atoms with van der Waals surface area (Å²) in [5.74, 6) is 1.10. The van der Waals surface area contributed by atoms with Crippen LogP contribution in [-0.4, -0.2) is 35.9 Å². The van der Waals surface area contributed by atoms with Crippen molar-refractivity contribution in [1.29, 1.82) is 0 Å². The summed E-state index contributed by atoms with van der Waals surface area (Å²) < 4.78 is 23.1. The van der Waals surface area contributed by atoms with E-state index in [1.165, 1.54) is 0 Å². The van der Waals surface area contributed by atoms with E-state index in [1.807, 2.05) is 6.92 Å². The van der Waals surface area contributed by atoms with Crippen LogP contribution in [0.25, 0.3) is 0 Å². The number of rotatable bonds is 2. The maximum Gasteiger partial charge on any atom is 0.151 e. The lowest BCUT2D eigenvalue weighted by Gasteiger charge is -2.07. The zero-order chi connectivity index (χ0) is 12.5. The number of sulfone groups is 1. The van der Waals surface area contributed by atoms with Crippen LogP contribution in [0.2, 0.25) is 0 Å². The van der Waals surface area contributed by atoms with E-state index >= 15 is 0 Å². The molecular formula is C11H17N3O2S. The molecule has 2 N–H and O–H groups in total. The van der Waals surface area contributed by atoms with Gasteiger partial charge in [-0.05, 0) is 18.9 Å². The third-order valence-corrected chi connectivity index (χ3v) is 4.49. The number of aryl methyl sites for hydroxylation is 2. The second-order valence-corrected chi connectivity index (χ2v) is 6.90. The van der Waals surface area contributed by atoms with Crippen molar-refractivity contribution in [2.45, 2.75) is 32.2 Å². The molecule has 0 bridgehead atoms. The van der Waals surface area contributed by atoms with Crippen molar-refractivity contribution in [1.82, 2.24) is 9.97 Å². The van der Waals surface area contributed by atoms with Gasteiger partial charge in [-0.2, -0.15) is 0 Å². The molecule has 6 heteroatoms. The Morgan fingerprint density at radius 3 is 2.82 bits per heavy atom. The van der Waals surface area contributed by atoms with Crippen LogP contribution in [0.15, 0.2) is 6.20 Å². The monoisotopic (exact) mass is 255 g/mol. The fraction of sp³-hybridized carbons (Fsp3) is 0.636. The highest BCUT2D eigenvalue weighted by atomic mass is 32.2. The number of fused-ring (bicyclic) bond motifs is 1. The van der Waals surface area contributed by atoms with E-state index in [2.05, 4.69) is 9.97 Å². The zero-order valence-electron chi connectivity index (χ0n) is 9.89. The zero-order valence-corrected chi connectivity index (χ0v) is 10.7. The highest BCUT2D eigenvalue weighted by Crippen LogP contribution is 2.14. The minimum Gasteiger partial charge on any atom is -0.328 e. The number of hydrogen-bond donors (Lipinski definition) is 1. The molecule has 1 atom stereocenters. The normalized spacial score (nSPS) is 20.4. The minimum atomic E-state index is -2.92. The molecule has 0 saturated carbocycles. The van der Waals surface area contributed by atoms with Gasteiger partial charge in [0.15, 0.2) is 9.84 Å². The van der Waals surface area contributed by atoms with Crippen LogP contribution in [0.1, 0.15) is 24.0 Å². The van der Waals surface area contributed by atoms with Gasteiger partial charge in [0.2, 0.25) is 0 Å². The van der Waals surface area contributed by atoms with Crippen LogP contribution in [0, 0.1) is 0 Å². The minimum absolute atomic E-state index is 0.0163. The lowest BCUT2D eigenvalue weighted by Crippen LogP contribution is -2.20. The highest BCUT2D eigenvalue weighted by molar-refractivity contribution is 7.91. The Hall–Kier alpha value is -1.01. The molecule has 1 aromatic rings. The van der Waals surface area contributed by atoms with Crippen molar-refractivity contribution in [2.75, 3.05) is 11.5 Å². The molecule has 17 heavy (non-hydrogen) atoms. The van der Waals surface area contributed by atoms with Crippen LogP contribution < -0.4 is 5.73 Å². The Morgan fingerprint density at radius 1 is 1.41 bits per heavy atom. The first kappa shape index (κ1) is 12.4. The van der Waals surface area contributed by atoms with Crippen molar-refractivity contribution >= 4 is 9.84 Å². The van der Waals surface area contributed by atoms with Gasteiger partial charge in [-0.25, -0.2) is 18.4 Å². The SMILES string of the molecule is CC(N)Cc1ncc2c(n1)CCS(=O)(=O)CC2. The molecule has 0 fully saturated rings. The third kappa shape index (κ3) is 3.23. The summed E-state index contributed by atoms with van der Waals surface area (Å²) in [6, 6.07) is 0.0163. The van der Waals surface area contributed by atoms with Gasteiger partial charge < -0.3 is 5.73 Å². The first-order valence-corrected chi connectivity index (χ1v) is 7.58. The predicted molar refractivity (Wildman–Crippen MR) is 65.4 cm³/mol. The number of aromatic nitrogens is 2. The lowest BCUT2D eigenvalue weighted by atomic mass is 10.1. The van der Waals surface area contributed by atoms with Crippen molar-refractivity contribution in [3.05, 3.63) is 23.3 Å². The molecule has 0 aromatic carbocycles. The molecule has 1 aromatic heterocycles. The van der Waals surface area contributed by atoms with E-state index in [0.717, 1.165) is 11.3 Å². The largest absolute Gasteiger partial charge is 0.328 e. The van der Waals surface area contributed by atoms with Gasteiger partial charge in [0, 0.05) is 30.8 Å². The second kappa shape index (κ2) is 4.70. The van der Waals surface area contributed by atoms with E-state index in [1.54, 1.807) is 6.20 Å². The maximum atomic E-state index is 11.5. The molecule has 0 radical (unpaired) electrons. The van der Waals surface area contributed by atoms with Gasteiger partial charge in [0.05, 0.1) is 11.5 Å². The maximum absolute atomic E-state index is 11.5. The molecule has 0 spiro atoms. The van der Waals surface area contributed by atoms with Crippen molar-refractivity contribution in [3.63, 3.8) is 0 Å². The third-order valence-electron chi connectivity index (χ3n) is 2.84. The molecule has 0 saturated heterocycles. The van der Waals surface area contributed by atoms with Gasteiger partial charge in [0.1, 0.15) is 5.82 Å². The number of nitrogens with two attached hydrogens (primary N) is 1. The van der Waals surface area contributed by atoms with Crippen molar-refractivity contribution in [2.24, 2.45) is 5.73 Å². The summed E-state index contributed by atoms with van der Waals surface area (Å²) in [4.78, 5) is 8.66. The topological polar surface area (TPSA) is 85.9 Å². The summed E-state index contributed by atoms with van der Waals surface area (Å²) in [6.45, 7) is 1.90. The van der Waals surface area contributed by atoms with E-state index in [-0.39, 0.29) is 17.5 Å². The first-order chi connectivity index (χ1) is 7.96. The van der Waals surface area contributed by atoms with E-state index < -0.39 is 9.84 Å². The molecule has 94 valence electrons. The molecule has 1 aliphatic heterocycles. The lowest BCUT2D eigenvalue weighted by molar-refractivity contribution is 0.596. The van der Waals surface area contributed by atoms with Crippen LogP contribution in [-0.2, 0) is 29.1 Å². The molecule has 1 unspecified atom stereocenters. The summed E-state index contributed by atoms with van der Waals surface area (Å²) in [7, 11) is -2.92. The molecule has 2 heterocycles. The molecule has 5 nitrogen and oxygen atoms in total. The number of nitrogens with zero attached hydrogens (tertiary/aromatic N) is 2. The van der Waals surface area contributed by atoms with Gasteiger partial charge in [0.25, 0.3) is 0 Å². The van der Waals surface area contributed by atoms with Gasteiger partial charge in [-0.15, -0.1) is 0 Å². The fourth-order valence-corrected chi connectivity index (χ4v) is 3.15. The highest BCUT2D eigenvalue weighted by Gasteiger charge is 2.20. The average molecular weight is 255 g/mol. The van der Waals surface area contributed by atoms with E-state index in [0.29, 0.717) is 25.1 Å². The molecule has 0 aliphatic carbocycles. The Balaban J connectivity index is 2.25. The average Bonchev–Trinajstić information content (AvgIpc) is 2.38. The van der Waals surface area contributed by atoms with Crippen LogP contribution in [0.5, 0.6) is 0 Å².